The van der Waals surface area contributed by atoms with Crippen LogP contribution in [-0.2, 0) is 5.41 Å². The molecule has 5 nitrogen and oxygen atoms in total. The van der Waals surface area contributed by atoms with Crippen molar-refractivity contribution in [1.82, 2.24) is 14.6 Å². The smallest absolute Gasteiger partial charge is 0.161 e. The number of hydrogen-bond acceptors (Lipinski definition) is 4. The average Bonchev–Trinajstić information content (AvgIpc) is 2.59. The van der Waals surface area contributed by atoms with Crippen LogP contribution in [0.1, 0.15) is 26.5 Å². The van der Waals surface area contributed by atoms with Crippen molar-refractivity contribution in [2.45, 2.75) is 26.2 Å². The molecule has 2 aromatic heterocycles. The number of fused-ring (bicyclic) bond motifs is 1. The van der Waals surface area contributed by atoms with Gasteiger partial charge in [0.15, 0.2) is 11.5 Å². The minimum Gasteiger partial charge on any atom is -0.307 e. The Morgan fingerprint density at radius 2 is 2.07 bits per heavy atom. The van der Waals surface area contributed by atoms with Gasteiger partial charge in [0.1, 0.15) is 0 Å². The van der Waals surface area contributed by atoms with E-state index in [0.717, 1.165) is 11.3 Å². The topological polar surface area (TPSA) is 68.2 Å². The van der Waals surface area contributed by atoms with Crippen LogP contribution in [0.3, 0.4) is 0 Å². The summed E-state index contributed by atoms with van der Waals surface area (Å²) in [6.07, 6.45) is 1.93. The van der Waals surface area contributed by atoms with Crippen molar-refractivity contribution in [2.24, 2.45) is 5.84 Å². The molecule has 0 atom stereocenters. The van der Waals surface area contributed by atoms with Crippen LogP contribution in [0.2, 0.25) is 0 Å². The molecule has 5 heteroatoms. The van der Waals surface area contributed by atoms with Crippen LogP contribution in [0, 0.1) is 0 Å². The minimum absolute atomic E-state index is 0.0318. The summed E-state index contributed by atoms with van der Waals surface area (Å²) < 4.78 is 1.73. The fraction of sp³-hybridized carbons (Fsp3) is 0.400. The maximum absolute atomic E-state index is 5.29. The van der Waals surface area contributed by atoms with Gasteiger partial charge in [0.2, 0.25) is 0 Å². The molecule has 0 saturated carbocycles. The predicted octanol–water partition coefficient (Wildman–Crippen LogP) is 1.31. The van der Waals surface area contributed by atoms with Gasteiger partial charge in [-0.1, -0.05) is 20.8 Å². The van der Waals surface area contributed by atoms with E-state index in [9.17, 15) is 0 Å². The number of hydrogen-bond donors (Lipinski definition) is 2. The third kappa shape index (κ3) is 1.78. The molecule has 0 amide bonds. The zero-order valence-electron chi connectivity index (χ0n) is 9.15. The Morgan fingerprint density at radius 1 is 1.33 bits per heavy atom. The number of aromatic nitrogens is 3. The van der Waals surface area contributed by atoms with Crippen LogP contribution in [0.15, 0.2) is 18.3 Å². The summed E-state index contributed by atoms with van der Waals surface area (Å²) in [4.78, 5) is 4.49. The third-order valence-electron chi connectivity index (χ3n) is 2.24. The first-order chi connectivity index (χ1) is 7.00. The van der Waals surface area contributed by atoms with Gasteiger partial charge in [0.05, 0.1) is 11.9 Å². The Hall–Kier alpha value is -1.62. The summed E-state index contributed by atoms with van der Waals surface area (Å²) in [7, 11) is 0. The lowest BCUT2D eigenvalue weighted by Crippen LogP contribution is -2.11. The van der Waals surface area contributed by atoms with E-state index >= 15 is 0 Å². The lowest BCUT2D eigenvalue weighted by molar-refractivity contribution is 0.572. The molecule has 0 aliphatic rings. The van der Waals surface area contributed by atoms with Crippen LogP contribution < -0.4 is 11.3 Å². The second-order valence-electron chi connectivity index (χ2n) is 4.54. The molecule has 0 spiro atoms. The number of nitrogens with zero attached hydrogens (tertiary/aromatic N) is 3. The van der Waals surface area contributed by atoms with E-state index in [4.69, 9.17) is 5.84 Å². The lowest BCUT2D eigenvalue weighted by atomic mass is 9.93. The Kier molecular flexibility index (Phi) is 2.12. The van der Waals surface area contributed by atoms with Gasteiger partial charge in [-0.3, -0.25) is 0 Å². The van der Waals surface area contributed by atoms with Crippen molar-refractivity contribution in [3.05, 3.63) is 24.0 Å². The summed E-state index contributed by atoms with van der Waals surface area (Å²) in [6, 6.07) is 3.69. The zero-order chi connectivity index (χ0) is 11.1. The molecule has 0 unspecified atom stereocenters. The number of nitrogens with two attached hydrogens (primary N) is 1. The second kappa shape index (κ2) is 3.20. The van der Waals surface area contributed by atoms with Crippen LogP contribution in [0.4, 0.5) is 5.82 Å². The Labute approximate surface area is 88.3 Å². The van der Waals surface area contributed by atoms with Gasteiger partial charge >= 0.3 is 0 Å². The fourth-order valence-corrected chi connectivity index (χ4v) is 1.32. The summed E-state index contributed by atoms with van der Waals surface area (Å²) >= 11 is 0. The van der Waals surface area contributed by atoms with Crippen LogP contribution in [0.25, 0.3) is 5.65 Å². The van der Waals surface area contributed by atoms with Crippen molar-refractivity contribution in [3.8, 4) is 0 Å². The van der Waals surface area contributed by atoms with Crippen LogP contribution >= 0.6 is 0 Å². The normalized spacial score (nSPS) is 12.0. The quantitative estimate of drug-likeness (QED) is 0.544. The minimum atomic E-state index is 0.0318. The summed E-state index contributed by atoms with van der Waals surface area (Å²) in [6.45, 7) is 6.37. The summed E-state index contributed by atoms with van der Waals surface area (Å²) in [5.74, 6) is 5.91. The lowest BCUT2D eigenvalue weighted by Gasteiger charge is -2.13. The highest BCUT2D eigenvalue weighted by Gasteiger charge is 2.17. The third-order valence-corrected chi connectivity index (χ3v) is 2.24. The SMILES string of the molecule is CC(C)(C)c1cn2nc(NN)ccc2n1. The van der Waals surface area contributed by atoms with E-state index in [2.05, 4.69) is 36.3 Å². The molecule has 80 valence electrons. The van der Waals surface area contributed by atoms with Crippen molar-refractivity contribution in [1.29, 1.82) is 0 Å². The highest BCUT2D eigenvalue weighted by atomic mass is 15.3. The molecule has 15 heavy (non-hydrogen) atoms. The summed E-state index contributed by atoms with van der Waals surface area (Å²) in [5, 5.41) is 4.25. The Balaban J connectivity index is 2.56. The first kappa shape index (κ1) is 9.92. The molecule has 2 rings (SSSR count). The van der Waals surface area contributed by atoms with Gasteiger partial charge < -0.3 is 5.43 Å². The van der Waals surface area contributed by atoms with E-state index in [1.54, 1.807) is 10.6 Å². The first-order valence-electron chi connectivity index (χ1n) is 4.84. The Bertz CT molecular complexity index is 480. The van der Waals surface area contributed by atoms with E-state index in [1.165, 1.54) is 0 Å². The van der Waals surface area contributed by atoms with Gasteiger partial charge in [0, 0.05) is 5.41 Å². The number of rotatable bonds is 1. The number of anilines is 1. The molecule has 3 N–H and O–H groups in total. The van der Waals surface area contributed by atoms with E-state index in [1.807, 2.05) is 12.3 Å². The van der Waals surface area contributed by atoms with Crippen LogP contribution in [-0.4, -0.2) is 14.6 Å². The molecular formula is C10H15N5. The molecule has 0 fully saturated rings. The maximum Gasteiger partial charge on any atom is 0.161 e. The number of imidazole rings is 1. The van der Waals surface area contributed by atoms with Crippen molar-refractivity contribution < 1.29 is 0 Å². The van der Waals surface area contributed by atoms with Gasteiger partial charge in [-0.2, -0.15) is 0 Å². The molecule has 0 bridgehead atoms. The van der Waals surface area contributed by atoms with Crippen molar-refractivity contribution in [2.75, 3.05) is 5.43 Å². The maximum atomic E-state index is 5.29. The molecule has 0 radical (unpaired) electrons. The highest BCUT2D eigenvalue weighted by Crippen LogP contribution is 2.21. The standard InChI is InChI=1S/C10H15N5/c1-10(2,3)7-6-15-9(12-7)5-4-8(13-11)14-15/h4-6H,11H2,1-3H3,(H,13,14). The molecule has 2 heterocycles. The van der Waals surface area contributed by atoms with Gasteiger partial charge in [-0.25, -0.2) is 15.3 Å². The monoisotopic (exact) mass is 205 g/mol. The molecule has 0 saturated heterocycles. The number of nitrogens with one attached hydrogen (secondary N) is 1. The number of hydrazine groups is 1. The molecule has 0 aromatic carbocycles. The predicted molar refractivity (Wildman–Crippen MR) is 59.5 cm³/mol. The van der Waals surface area contributed by atoms with Gasteiger partial charge in [-0.15, -0.1) is 5.10 Å². The first-order valence-corrected chi connectivity index (χ1v) is 4.84. The zero-order valence-corrected chi connectivity index (χ0v) is 9.15. The van der Waals surface area contributed by atoms with E-state index < -0.39 is 0 Å². The van der Waals surface area contributed by atoms with Crippen LogP contribution in [0.5, 0.6) is 0 Å². The highest BCUT2D eigenvalue weighted by molar-refractivity contribution is 5.45. The average molecular weight is 205 g/mol. The molecule has 0 aliphatic carbocycles. The molecular weight excluding hydrogens is 190 g/mol. The number of nitrogen functional groups attached to an aromatic ring is 1. The van der Waals surface area contributed by atoms with Gasteiger partial charge in [-0.05, 0) is 12.1 Å². The van der Waals surface area contributed by atoms with Crippen molar-refractivity contribution in [3.63, 3.8) is 0 Å². The van der Waals surface area contributed by atoms with E-state index in [-0.39, 0.29) is 5.41 Å². The molecule has 2 aromatic rings. The fourth-order valence-electron chi connectivity index (χ4n) is 1.32. The van der Waals surface area contributed by atoms with E-state index in [0.29, 0.717) is 5.82 Å². The largest absolute Gasteiger partial charge is 0.307 e. The second-order valence-corrected chi connectivity index (χ2v) is 4.54. The summed E-state index contributed by atoms with van der Waals surface area (Å²) in [5.41, 5.74) is 4.39. The molecule has 0 aliphatic heterocycles. The van der Waals surface area contributed by atoms with Crippen molar-refractivity contribution >= 4 is 11.5 Å². The van der Waals surface area contributed by atoms with Gasteiger partial charge in [0.25, 0.3) is 0 Å². The Morgan fingerprint density at radius 3 is 2.67 bits per heavy atom.